The number of ether oxygens (including phenoxy) is 1. The standard InChI is InChI=1S/C18H24O3Si/c1-3-13-19-22(20-14-4-2)18-12-8-11-17(15-18)21-16-9-6-5-7-10-16/h5-12,15,22H,3-4,13-14H2,1-2H3. The van der Waals surface area contributed by atoms with E-state index in [1.54, 1.807) is 0 Å². The summed E-state index contributed by atoms with van der Waals surface area (Å²) in [5, 5.41) is 1.12. The van der Waals surface area contributed by atoms with Gasteiger partial charge in [0.15, 0.2) is 0 Å². The molecule has 0 aliphatic carbocycles. The fraction of sp³-hybridized carbons (Fsp3) is 0.333. The summed E-state index contributed by atoms with van der Waals surface area (Å²) in [6.07, 6.45) is 2.00. The van der Waals surface area contributed by atoms with Crippen LogP contribution in [0.5, 0.6) is 11.5 Å². The molecule has 4 heteroatoms. The smallest absolute Gasteiger partial charge is 0.356 e. The van der Waals surface area contributed by atoms with Gasteiger partial charge in [-0.25, -0.2) is 0 Å². The molecule has 0 atom stereocenters. The van der Waals surface area contributed by atoms with Gasteiger partial charge in [0.1, 0.15) is 11.5 Å². The van der Waals surface area contributed by atoms with Crippen molar-refractivity contribution in [3.05, 3.63) is 54.6 Å². The predicted octanol–water partition coefficient (Wildman–Crippen LogP) is 3.76. The molecule has 3 nitrogen and oxygen atoms in total. The van der Waals surface area contributed by atoms with Crippen LogP contribution in [0.4, 0.5) is 0 Å². The van der Waals surface area contributed by atoms with E-state index < -0.39 is 9.28 Å². The molecule has 22 heavy (non-hydrogen) atoms. The normalized spacial score (nSPS) is 10.9. The van der Waals surface area contributed by atoms with Gasteiger partial charge in [0.05, 0.1) is 0 Å². The summed E-state index contributed by atoms with van der Waals surface area (Å²) in [4.78, 5) is 0. The van der Waals surface area contributed by atoms with E-state index in [-0.39, 0.29) is 0 Å². The fourth-order valence-corrected chi connectivity index (χ4v) is 3.99. The van der Waals surface area contributed by atoms with E-state index in [2.05, 4.69) is 19.9 Å². The maximum Gasteiger partial charge on any atom is 0.356 e. The lowest BCUT2D eigenvalue weighted by Crippen LogP contribution is -2.37. The molecule has 0 saturated carbocycles. The minimum absolute atomic E-state index is 0.740. The lowest BCUT2D eigenvalue weighted by molar-refractivity contribution is 0.207. The van der Waals surface area contributed by atoms with Crippen molar-refractivity contribution in [3.63, 3.8) is 0 Å². The SMILES string of the molecule is CCCO[SiH](OCCC)c1cccc(Oc2ccccc2)c1. The highest BCUT2D eigenvalue weighted by atomic mass is 28.3. The maximum atomic E-state index is 5.95. The zero-order valence-corrected chi connectivity index (χ0v) is 14.5. The van der Waals surface area contributed by atoms with E-state index in [0.29, 0.717) is 0 Å². The molecule has 2 aromatic rings. The van der Waals surface area contributed by atoms with Crippen molar-refractivity contribution < 1.29 is 13.6 Å². The first-order valence-corrected chi connectivity index (χ1v) is 9.41. The van der Waals surface area contributed by atoms with Crippen molar-refractivity contribution in [3.8, 4) is 11.5 Å². The molecule has 0 aromatic heterocycles. The van der Waals surface area contributed by atoms with Crippen molar-refractivity contribution in [2.24, 2.45) is 0 Å². The van der Waals surface area contributed by atoms with Crippen LogP contribution in [0, 0.1) is 0 Å². The van der Waals surface area contributed by atoms with E-state index in [4.69, 9.17) is 13.6 Å². The zero-order valence-electron chi connectivity index (χ0n) is 13.3. The van der Waals surface area contributed by atoms with Crippen molar-refractivity contribution in [2.75, 3.05) is 13.2 Å². The monoisotopic (exact) mass is 316 g/mol. The number of benzene rings is 2. The van der Waals surface area contributed by atoms with Gasteiger partial charge in [-0.3, -0.25) is 0 Å². The summed E-state index contributed by atoms with van der Waals surface area (Å²) < 4.78 is 17.8. The van der Waals surface area contributed by atoms with Gasteiger partial charge in [-0.05, 0) is 42.3 Å². The molecule has 0 heterocycles. The van der Waals surface area contributed by atoms with E-state index >= 15 is 0 Å². The van der Waals surface area contributed by atoms with Crippen LogP contribution in [0.3, 0.4) is 0 Å². The van der Waals surface area contributed by atoms with Crippen LogP contribution in [0.1, 0.15) is 26.7 Å². The summed E-state index contributed by atoms with van der Waals surface area (Å²) in [6.45, 7) is 5.70. The first-order chi connectivity index (χ1) is 10.8. The summed E-state index contributed by atoms with van der Waals surface area (Å²) in [5.74, 6) is 1.66. The molecule has 0 bridgehead atoms. The highest BCUT2D eigenvalue weighted by molar-refractivity contribution is 6.61. The Bertz CT molecular complexity index is 537. The molecule has 0 saturated heterocycles. The highest BCUT2D eigenvalue weighted by Crippen LogP contribution is 2.19. The average Bonchev–Trinajstić information content (AvgIpc) is 2.56. The fourth-order valence-electron chi connectivity index (χ4n) is 2.04. The van der Waals surface area contributed by atoms with Crippen LogP contribution < -0.4 is 9.92 Å². The molecule has 0 amide bonds. The van der Waals surface area contributed by atoms with Gasteiger partial charge < -0.3 is 13.6 Å². The van der Waals surface area contributed by atoms with Gasteiger partial charge in [-0.1, -0.05) is 44.2 Å². The first kappa shape index (κ1) is 16.7. The third kappa shape index (κ3) is 5.29. The minimum Gasteiger partial charge on any atom is -0.457 e. The zero-order chi connectivity index (χ0) is 15.6. The van der Waals surface area contributed by atoms with Crippen molar-refractivity contribution >= 4 is 14.5 Å². The summed E-state index contributed by atoms with van der Waals surface area (Å²) in [5.41, 5.74) is 0. The topological polar surface area (TPSA) is 27.7 Å². The lowest BCUT2D eigenvalue weighted by Gasteiger charge is -2.17. The van der Waals surface area contributed by atoms with Gasteiger partial charge in [-0.2, -0.15) is 0 Å². The average molecular weight is 316 g/mol. The van der Waals surface area contributed by atoms with Crippen molar-refractivity contribution in [1.82, 2.24) is 0 Å². The second kappa shape index (κ2) is 9.41. The summed E-state index contributed by atoms with van der Waals surface area (Å²) >= 11 is 0. The molecule has 0 aliphatic rings. The van der Waals surface area contributed by atoms with Gasteiger partial charge in [0.2, 0.25) is 0 Å². The van der Waals surface area contributed by atoms with Crippen LogP contribution >= 0.6 is 0 Å². The largest absolute Gasteiger partial charge is 0.457 e. The second-order valence-electron chi connectivity index (χ2n) is 5.06. The van der Waals surface area contributed by atoms with Crippen LogP contribution in [0.25, 0.3) is 0 Å². The summed E-state index contributed by atoms with van der Waals surface area (Å²) in [7, 11) is -1.84. The number of para-hydroxylation sites is 1. The maximum absolute atomic E-state index is 5.95. The van der Waals surface area contributed by atoms with Gasteiger partial charge in [0, 0.05) is 13.2 Å². The van der Waals surface area contributed by atoms with Gasteiger partial charge in [-0.15, -0.1) is 0 Å². The van der Waals surface area contributed by atoms with E-state index in [0.717, 1.165) is 42.7 Å². The molecule has 2 aromatic carbocycles. The molecule has 0 spiro atoms. The number of hydrogen-bond acceptors (Lipinski definition) is 3. The predicted molar refractivity (Wildman–Crippen MR) is 92.2 cm³/mol. The van der Waals surface area contributed by atoms with Gasteiger partial charge >= 0.3 is 9.28 Å². The Morgan fingerprint density at radius 2 is 1.41 bits per heavy atom. The quantitative estimate of drug-likeness (QED) is 0.659. The third-order valence-corrected chi connectivity index (χ3v) is 5.04. The van der Waals surface area contributed by atoms with Crippen LogP contribution in [-0.4, -0.2) is 22.5 Å². The lowest BCUT2D eigenvalue weighted by atomic mass is 10.3. The Kier molecular flexibility index (Phi) is 7.16. The van der Waals surface area contributed by atoms with Crippen LogP contribution in [0.2, 0.25) is 0 Å². The van der Waals surface area contributed by atoms with E-state index in [1.165, 1.54) is 0 Å². The molecule has 0 N–H and O–H groups in total. The number of hydrogen-bond donors (Lipinski definition) is 0. The van der Waals surface area contributed by atoms with Crippen molar-refractivity contribution in [2.45, 2.75) is 26.7 Å². The molecule has 118 valence electrons. The Labute approximate surface area is 134 Å². The molecular weight excluding hydrogens is 292 g/mol. The highest BCUT2D eigenvalue weighted by Gasteiger charge is 2.17. The van der Waals surface area contributed by atoms with Crippen LogP contribution in [-0.2, 0) is 8.85 Å². The van der Waals surface area contributed by atoms with Gasteiger partial charge in [0.25, 0.3) is 0 Å². The Morgan fingerprint density at radius 3 is 2.05 bits per heavy atom. The summed E-state index contributed by atoms with van der Waals surface area (Å²) in [6, 6.07) is 17.9. The Hall–Kier alpha value is -1.62. The minimum atomic E-state index is -1.84. The van der Waals surface area contributed by atoms with Crippen molar-refractivity contribution in [1.29, 1.82) is 0 Å². The molecule has 0 aliphatic heterocycles. The van der Waals surface area contributed by atoms with E-state index in [1.807, 2.05) is 48.5 Å². The number of rotatable bonds is 9. The first-order valence-electron chi connectivity index (χ1n) is 7.89. The third-order valence-electron chi connectivity index (χ3n) is 3.06. The molecular formula is C18H24O3Si. The Balaban J connectivity index is 2.10. The molecule has 0 unspecified atom stereocenters. The Morgan fingerprint density at radius 1 is 0.773 bits per heavy atom. The molecule has 2 rings (SSSR count). The molecule has 0 fully saturated rings. The molecule has 0 radical (unpaired) electrons. The van der Waals surface area contributed by atoms with Crippen LogP contribution in [0.15, 0.2) is 54.6 Å². The second-order valence-corrected chi connectivity index (χ2v) is 7.06. The van der Waals surface area contributed by atoms with E-state index in [9.17, 15) is 0 Å².